The van der Waals surface area contributed by atoms with Crippen LogP contribution in [0.3, 0.4) is 0 Å². The zero-order chi connectivity index (χ0) is 25.3. The first-order chi connectivity index (χ1) is 18.0. The molecule has 3 amide bonds. The minimum atomic E-state index is -0.791. The van der Waals surface area contributed by atoms with Crippen LogP contribution in [0.1, 0.15) is 38.5 Å². The number of rotatable bonds is 3. The molecule has 3 aliphatic carbocycles. The van der Waals surface area contributed by atoms with Crippen LogP contribution >= 0.6 is 15.9 Å². The van der Waals surface area contributed by atoms with Crippen LogP contribution in [0.4, 0.5) is 11.4 Å². The van der Waals surface area contributed by atoms with Gasteiger partial charge in [0.25, 0.3) is 5.91 Å². The molecular formula is C31H21BrN2O3. The van der Waals surface area contributed by atoms with Gasteiger partial charge in [0.2, 0.25) is 11.8 Å². The van der Waals surface area contributed by atoms with Gasteiger partial charge in [-0.2, -0.15) is 0 Å². The molecule has 1 heterocycles. The first-order valence-electron chi connectivity index (χ1n) is 12.2. The fraction of sp³-hybridized carbons (Fsp3) is 0.129. The number of imide groups is 1. The van der Waals surface area contributed by atoms with Crippen molar-refractivity contribution in [1.82, 2.24) is 0 Å². The lowest BCUT2D eigenvalue weighted by molar-refractivity contribution is -0.122. The maximum atomic E-state index is 14.1. The number of nitrogens with zero attached hydrogens (tertiary/aromatic N) is 1. The molecule has 0 radical (unpaired) electrons. The molecule has 0 saturated carbocycles. The molecule has 4 aliphatic rings. The third kappa shape index (κ3) is 2.99. The van der Waals surface area contributed by atoms with Gasteiger partial charge >= 0.3 is 0 Å². The van der Waals surface area contributed by atoms with E-state index in [1.54, 1.807) is 48.5 Å². The van der Waals surface area contributed by atoms with E-state index in [1.165, 1.54) is 4.90 Å². The van der Waals surface area contributed by atoms with E-state index in [0.717, 1.165) is 22.3 Å². The average molecular weight is 549 g/mol. The highest BCUT2D eigenvalue weighted by atomic mass is 79.9. The third-order valence-corrected chi connectivity index (χ3v) is 9.26. The van der Waals surface area contributed by atoms with Crippen molar-refractivity contribution >= 4 is 45.0 Å². The summed E-state index contributed by atoms with van der Waals surface area (Å²) in [6.45, 7) is 0. The van der Waals surface area contributed by atoms with Crippen LogP contribution < -0.4 is 10.2 Å². The summed E-state index contributed by atoms with van der Waals surface area (Å²) in [5, 5.41) is 2.88. The van der Waals surface area contributed by atoms with E-state index < -0.39 is 16.2 Å². The smallest absolute Gasteiger partial charge is 0.255 e. The van der Waals surface area contributed by atoms with Crippen LogP contribution in [-0.4, -0.2) is 17.7 Å². The Morgan fingerprint density at radius 1 is 0.757 bits per heavy atom. The third-order valence-electron chi connectivity index (χ3n) is 7.91. The van der Waals surface area contributed by atoms with Gasteiger partial charge in [0, 0.05) is 17.2 Å². The minimum Gasteiger partial charge on any atom is -0.322 e. The minimum absolute atomic E-state index is 0.195. The molecule has 1 saturated heterocycles. The number of carbonyl (C=O) groups is 3. The van der Waals surface area contributed by atoms with E-state index in [0.29, 0.717) is 16.9 Å². The van der Waals surface area contributed by atoms with Gasteiger partial charge in [-0.25, -0.2) is 4.90 Å². The molecule has 0 aromatic heterocycles. The summed E-state index contributed by atoms with van der Waals surface area (Å²) in [5.74, 6) is -1.98. The molecule has 5 nitrogen and oxygen atoms in total. The van der Waals surface area contributed by atoms with Gasteiger partial charge in [-0.05, 0) is 52.6 Å². The van der Waals surface area contributed by atoms with E-state index in [1.807, 2.05) is 30.3 Å². The van der Waals surface area contributed by atoms with Gasteiger partial charge in [-0.15, -0.1) is 0 Å². The van der Waals surface area contributed by atoms with Crippen LogP contribution in [0.2, 0.25) is 0 Å². The number of hydrogen-bond acceptors (Lipinski definition) is 3. The maximum absolute atomic E-state index is 14.1. The quantitative estimate of drug-likeness (QED) is 0.258. The summed E-state index contributed by atoms with van der Waals surface area (Å²) in [4.78, 5) is 42.2. The van der Waals surface area contributed by atoms with E-state index in [2.05, 4.69) is 45.5 Å². The predicted molar refractivity (Wildman–Crippen MR) is 145 cm³/mol. The lowest BCUT2D eigenvalue weighted by Crippen LogP contribution is -2.50. The summed E-state index contributed by atoms with van der Waals surface area (Å²) in [6.07, 6.45) is 0. The molecule has 1 fully saturated rings. The second kappa shape index (κ2) is 7.98. The topological polar surface area (TPSA) is 66.5 Å². The first-order valence-corrected chi connectivity index (χ1v) is 13.0. The predicted octanol–water partition coefficient (Wildman–Crippen LogP) is 5.84. The maximum Gasteiger partial charge on any atom is 0.255 e. The highest BCUT2D eigenvalue weighted by molar-refractivity contribution is 9.09. The van der Waals surface area contributed by atoms with Gasteiger partial charge < -0.3 is 5.32 Å². The number of hydrogen-bond donors (Lipinski definition) is 1. The van der Waals surface area contributed by atoms with Crippen molar-refractivity contribution in [2.75, 3.05) is 10.2 Å². The van der Waals surface area contributed by atoms with Crippen molar-refractivity contribution in [2.24, 2.45) is 11.8 Å². The molecule has 8 rings (SSSR count). The first kappa shape index (κ1) is 22.2. The van der Waals surface area contributed by atoms with E-state index >= 15 is 0 Å². The normalized spacial score (nSPS) is 24.9. The fourth-order valence-electron chi connectivity index (χ4n) is 6.45. The SMILES string of the molecule is O=C(Nc1cccc(N2C(=O)[C@@H]3C4c5ccccc5C(Br)(c5ccccc54)[C@@H]3C2=O)c1)c1ccccc1. The van der Waals surface area contributed by atoms with Gasteiger partial charge in [-0.1, -0.05) is 88.7 Å². The van der Waals surface area contributed by atoms with Crippen LogP contribution in [0.25, 0.3) is 0 Å². The monoisotopic (exact) mass is 548 g/mol. The zero-order valence-corrected chi connectivity index (χ0v) is 21.2. The number of carbonyl (C=O) groups excluding carboxylic acids is 3. The number of halogens is 1. The number of anilines is 2. The van der Waals surface area contributed by atoms with Crippen LogP contribution in [-0.2, 0) is 13.9 Å². The molecule has 2 atom stereocenters. The van der Waals surface area contributed by atoms with Crippen molar-refractivity contribution in [3.05, 3.63) is 131 Å². The van der Waals surface area contributed by atoms with Crippen molar-refractivity contribution in [3.63, 3.8) is 0 Å². The molecule has 1 aliphatic heterocycles. The fourth-order valence-corrected chi connectivity index (χ4v) is 7.65. The van der Waals surface area contributed by atoms with Gasteiger partial charge in [0.05, 0.1) is 21.8 Å². The van der Waals surface area contributed by atoms with Gasteiger partial charge in [-0.3, -0.25) is 14.4 Å². The van der Waals surface area contributed by atoms with E-state index in [9.17, 15) is 14.4 Å². The van der Waals surface area contributed by atoms with Crippen molar-refractivity contribution in [2.45, 2.75) is 10.2 Å². The average Bonchev–Trinajstić information content (AvgIpc) is 3.20. The molecule has 6 heteroatoms. The van der Waals surface area contributed by atoms with E-state index in [-0.39, 0.29) is 23.6 Å². The van der Waals surface area contributed by atoms with E-state index in [4.69, 9.17) is 0 Å². The number of nitrogens with one attached hydrogen (secondary N) is 1. The van der Waals surface area contributed by atoms with Crippen LogP contribution in [0, 0.1) is 11.8 Å². The molecule has 2 bridgehead atoms. The summed E-state index contributed by atoms with van der Waals surface area (Å²) in [6, 6.07) is 32.1. The Kier molecular flexibility index (Phi) is 4.79. The largest absolute Gasteiger partial charge is 0.322 e. The number of alkyl halides is 1. The highest BCUT2D eigenvalue weighted by Crippen LogP contribution is 2.66. The van der Waals surface area contributed by atoms with Crippen molar-refractivity contribution in [3.8, 4) is 0 Å². The molecule has 0 unspecified atom stereocenters. The zero-order valence-electron chi connectivity index (χ0n) is 19.6. The van der Waals surface area contributed by atoms with Crippen LogP contribution in [0.15, 0.2) is 103 Å². The standard InChI is InChI=1S/C31H21BrN2O3/c32-31-23-15-6-4-13-21(23)25(22-14-5-7-16-24(22)31)26-27(31)30(37)34(29(26)36)20-12-8-11-19(17-20)33-28(35)18-9-2-1-3-10-18/h1-17,25-27H,(H,33,35)/t25?,26-,27+,31?/m1/s1. The molecule has 4 aromatic carbocycles. The van der Waals surface area contributed by atoms with Gasteiger partial charge in [0.1, 0.15) is 0 Å². The second-order valence-corrected chi connectivity index (χ2v) is 11.0. The molecule has 4 aromatic rings. The summed E-state index contributed by atoms with van der Waals surface area (Å²) in [5.41, 5.74) is 5.78. The summed E-state index contributed by atoms with van der Waals surface area (Å²) >= 11 is 4.02. The lowest BCUT2D eigenvalue weighted by Gasteiger charge is -2.51. The van der Waals surface area contributed by atoms with Crippen molar-refractivity contribution in [1.29, 1.82) is 0 Å². The number of benzene rings is 4. The Bertz CT molecular complexity index is 1570. The Morgan fingerprint density at radius 2 is 1.38 bits per heavy atom. The lowest BCUT2D eigenvalue weighted by atomic mass is 9.55. The summed E-state index contributed by atoms with van der Waals surface area (Å²) in [7, 11) is 0. The highest BCUT2D eigenvalue weighted by Gasteiger charge is 2.67. The second-order valence-electron chi connectivity index (χ2n) is 9.75. The molecule has 0 spiro atoms. The molecule has 180 valence electrons. The van der Waals surface area contributed by atoms with Gasteiger partial charge in [0.15, 0.2) is 0 Å². The molecule has 1 N–H and O–H groups in total. The Morgan fingerprint density at radius 3 is 2.05 bits per heavy atom. The Balaban J connectivity index is 1.30. The van der Waals surface area contributed by atoms with Crippen molar-refractivity contribution < 1.29 is 14.4 Å². The molecule has 37 heavy (non-hydrogen) atoms. The summed E-state index contributed by atoms with van der Waals surface area (Å²) < 4.78 is -0.791. The number of amides is 3. The Hall–Kier alpha value is -4.03. The molecular weight excluding hydrogens is 528 g/mol. The van der Waals surface area contributed by atoms with Crippen LogP contribution in [0.5, 0.6) is 0 Å². The Labute approximate surface area is 222 Å².